The molecule has 116 valence electrons. The Morgan fingerprint density at radius 3 is 2.55 bits per heavy atom. The van der Waals surface area contributed by atoms with Gasteiger partial charge in [-0.3, -0.25) is 4.79 Å². The summed E-state index contributed by atoms with van der Waals surface area (Å²) in [6.07, 6.45) is -0.0671. The second-order valence-electron chi connectivity index (χ2n) is 4.77. The van der Waals surface area contributed by atoms with E-state index >= 15 is 0 Å². The fourth-order valence-corrected chi connectivity index (χ4v) is 3.31. The van der Waals surface area contributed by atoms with Crippen molar-refractivity contribution >= 4 is 34.9 Å². The molecule has 0 aliphatic carbocycles. The number of rotatable bonds is 6. The number of aromatic carboxylic acids is 1. The minimum atomic E-state index is -1.000. The SMILES string of the molecule is NC[C@H](CC(=O)O)c1ccc(Cl)c(-c2cc(C(=O)O)cs2)c1. The van der Waals surface area contributed by atoms with Gasteiger partial charge in [-0.05, 0) is 30.3 Å². The normalized spacial score (nSPS) is 12.1. The Labute approximate surface area is 136 Å². The first-order valence-corrected chi connectivity index (χ1v) is 7.71. The van der Waals surface area contributed by atoms with Gasteiger partial charge in [0.15, 0.2) is 0 Å². The number of carboxylic acids is 2. The average Bonchev–Trinajstić information content (AvgIpc) is 2.95. The molecule has 22 heavy (non-hydrogen) atoms. The lowest BCUT2D eigenvalue weighted by atomic mass is 9.94. The van der Waals surface area contributed by atoms with Crippen molar-refractivity contribution < 1.29 is 19.8 Å². The molecule has 0 saturated heterocycles. The summed E-state index contributed by atoms with van der Waals surface area (Å²) >= 11 is 7.46. The van der Waals surface area contributed by atoms with Crippen LogP contribution in [-0.4, -0.2) is 28.7 Å². The highest BCUT2D eigenvalue weighted by atomic mass is 35.5. The summed E-state index contributed by atoms with van der Waals surface area (Å²) in [7, 11) is 0. The fraction of sp³-hybridized carbons (Fsp3) is 0.200. The van der Waals surface area contributed by atoms with Gasteiger partial charge in [-0.1, -0.05) is 17.7 Å². The number of nitrogens with two attached hydrogens (primary N) is 1. The van der Waals surface area contributed by atoms with Crippen LogP contribution in [0.25, 0.3) is 10.4 Å². The molecule has 1 atom stereocenters. The van der Waals surface area contributed by atoms with Crippen LogP contribution in [0.1, 0.15) is 28.3 Å². The van der Waals surface area contributed by atoms with Crippen molar-refractivity contribution in [1.82, 2.24) is 0 Å². The van der Waals surface area contributed by atoms with Crippen molar-refractivity contribution in [3.05, 3.63) is 45.8 Å². The van der Waals surface area contributed by atoms with Gasteiger partial charge in [-0.25, -0.2) is 4.79 Å². The van der Waals surface area contributed by atoms with Crippen molar-refractivity contribution in [3.8, 4) is 10.4 Å². The lowest BCUT2D eigenvalue weighted by Gasteiger charge is -2.14. The quantitative estimate of drug-likeness (QED) is 0.749. The van der Waals surface area contributed by atoms with Crippen LogP contribution in [0, 0.1) is 0 Å². The van der Waals surface area contributed by atoms with E-state index in [0.717, 1.165) is 10.4 Å². The molecular formula is C15H14ClNO4S. The lowest BCUT2D eigenvalue weighted by molar-refractivity contribution is -0.137. The van der Waals surface area contributed by atoms with Gasteiger partial charge in [-0.2, -0.15) is 0 Å². The minimum Gasteiger partial charge on any atom is -0.481 e. The molecule has 0 saturated carbocycles. The van der Waals surface area contributed by atoms with Crippen molar-refractivity contribution in [2.45, 2.75) is 12.3 Å². The molecule has 0 fully saturated rings. The summed E-state index contributed by atoms with van der Waals surface area (Å²) < 4.78 is 0. The van der Waals surface area contributed by atoms with Crippen LogP contribution >= 0.6 is 22.9 Å². The average molecular weight is 340 g/mol. The van der Waals surface area contributed by atoms with E-state index in [-0.39, 0.29) is 24.4 Å². The first kappa shape index (κ1) is 16.5. The van der Waals surface area contributed by atoms with E-state index in [4.69, 9.17) is 27.5 Å². The van der Waals surface area contributed by atoms with E-state index in [1.54, 1.807) is 29.6 Å². The third-order valence-corrected chi connectivity index (χ3v) is 4.57. The molecule has 1 heterocycles. The Bertz CT molecular complexity index is 713. The van der Waals surface area contributed by atoms with Gasteiger partial charge in [0, 0.05) is 26.8 Å². The topological polar surface area (TPSA) is 101 Å². The zero-order valence-electron chi connectivity index (χ0n) is 11.5. The molecular weight excluding hydrogens is 326 g/mol. The molecule has 0 bridgehead atoms. The van der Waals surface area contributed by atoms with Gasteiger partial charge >= 0.3 is 11.9 Å². The summed E-state index contributed by atoms with van der Waals surface area (Å²) in [5.41, 5.74) is 7.30. The van der Waals surface area contributed by atoms with Crippen LogP contribution in [-0.2, 0) is 4.79 Å². The van der Waals surface area contributed by atoms with E-state index in [1.807, 2.05) is 0 Å². The number of halogens is 1. The molecule has 2 rings (SSSR count). The summed E-state index contributed by atoms with van der Waals surface area (Å²) in [5.74, 6) is -2.23. The smallest absolute Gasteiger partial charge is 0.336 e. The third-order valence-electron chi connectivity index (χ3n) is 3.28. The predicted molar refractivity (Wildman–Crippen MR) is 85.8 cm³/mol. The fourth-order valence-electron chi connectivity index (χ4n) is 2.12. The van der Waals surface area contributed by atoms with Crippen LogP contribution in [0.5, 0.6) is 0 Å². The minimum absolute atomic E-state index is 0.0671. The molecule has 0 unspecified atom stereocenters. The standard InChI is InChI=1S/C15H14ClNO4S/c16-12-2-1-8(9(6-17)5-14(18)19)3-11(12)13-4-10(7-22-13)15(20)21/h1-4,7,9H,5-6,17H2,(H,18,19)(H,20,21)/t9-/m0/s1. The Morgan fingerprint density at radius 2 is 2.00 bits per heavy atom. The molecule has 0 aliphatic rings. The number of hydrogen-bond donors (Lipinski definition) is 3. The van der Waals surface area contributed by atoms with Crippen LogP contribution in [0.15, 0.2) is 29.6 Å². The largest absolute Gasteiger partial charge is 0.481 e. The zero-order valence-corrected chi connectivity index (χ0v) is 13.0. The molecule has 1 aromatic heterocycles. The molecule has 1 aromatic carbocycles. The van der Waals surface area contributed by atoms with E-state index in [0.29, 0.717) is 10.6 Å². The van der Waals surface area contributed by atoms with Gasteiger partial charge in [0.1, 0.15) is 0 Å². The number of aliphatic carboxylic acids is 1. The number of carboxylic acid groups (broad SMARTS) is 2. The van der Waals surface area contributed by atoms with Gasteiger partial charge < -0.3 is 15.9 Å². The summed E-state index contributed by atoms with van der Waals surface area (Å²) in [4.78, 5) is 22.6. The van der Waals surface area contributed by atoms with Gasteiger partial charge in [0.05, 0.1) is 12.0 Å². The Morgan fingerprint density at radius 1 is 1.27 bits per heavy atom. The summed E-state index contributed by atoms with van der Waals surface area (Å²) in [6.45, 7) is 0.207. The van der Waals surface area contributed by atoms with Crippen LogP contribution in [0.4, 0.5) is 0 Å². The highest BCUT2D eigenvalue weighted by Crippen LogP contribution is 2.35. The maximum Gasteiger partial charge on any atom is 0.336 e. The molecule has 2 aromatic rings. The van der Waals surface area contributed by atoms with Crippen LogP contribution in [0.2, 0.25) is 5.02 Å². The molecule has 0 amide bonds. The van der Waals surface area contributed by atoms with Crippen molar-refractivity contribution in [2.75, 3.05) is 6.54 Å². The zero-order chi connectivity index (χ0) is 16.3. The molecule has 0 radical (unpaired) electrons. The van der Waals surface area contributed by atoms with Crippen molar-refractivity contribution in [1.29, 1.82) is 0 Å². The van der Waals surface area contributed by atoms with Gasteiger partial charge in [0.2, 0.25) is 0 Å². The molecule has 4 N–H and O–H groups in total. The Balaban J connectivity index is 2.41. The highest BCUT2D eigenvalue weighted by Gasteiger charge is 2.17. The maximum atomic E-state index is 11.0. The summed E-state index contributed by atoms with van der Waals surface area (Å²) in [6, 6.07) is 6.75. The maximum absolute atomic E-state index is 11.0. The molecule has 7 heteroatoms. The lowest BCUT2D eigenvalue weighted by Crippen LogP contribution is -2.16. The van der Waals surface area contributed by atoms with E-state index in [9.17, 15) is 9.59 Å². The number of carbonyl (C=O) groups is 2. The van der Waals surface area contributed by atoms with Crippen LogP contribution in [0.3, 0.4) is 0 Å². The van der Waals surface area contributed by atoms with Crippen LogP contribution < -0.4 is 5.73 Å². The Hall–Kier alpha value is -1.89. The monoisotopic (exact) mass is 339 g/mol. The van der Waals surface area contributed by atoms with E-state index < -0.39 is 11.9 Å². The second kappa shape index (κ2) is 6.91. The summed E-state index contributed by atoms with van der Waals surface area (Å²) in [5, 5.41) is 19.9. The number of hydrogen-bond acceptors (Lipinski definition) is 4. The van der Waals surface area contributed by atoms with Crippen molar-refractivity contribution in [2.24, 2.45) is 5.73 Å². The van der Waals surface area contributed by atoms with E-state index in [2.05, 4.69) is 0 Å². The number of thiophene rings is 1. The highest BCUT2D eigenvalue weighted by molar-refractivity contribution is 7.14. The molecule has 0 aliphatic heterocycles. The predicted octanol–water partition coefficient (Wildman–Crippen LogP) is 3.28. The number of benzene rings is 1. The van der Waals surface area contributed by atoms with Crippen molar-refractivity contribution in [3.63, 3.8) is 0 Å². The first-order chi connectivity index (χ1) is 10.4. The molecule has 5 nitrogen and oxygen atoms in total. The third kappa shape index (κ3) is 3.65. The Kier molecular flexibility index (Phi) is 5.18. The molecule has 0 spiro atoms. The first-order valence-electron chi connectivity index (χ1n) is 6.46. The van der Waals surface area contributed by atoms with E-state index in [1.165, 1.54) is 11.3 Å². The van der Waals surface area contributed by atoms with Gasteiger partial charge in [0.25, 0.3) is 0 Å². The van der Waals surface area contributed by atoms with Gasteiger partial charge in [-0.15, -0.1) is 11.3 Å². The second-order valence-corrected chi connectivity index (χ2v) is 6.09.